The maximum atomic E-state index is 14.1. The molecule has 0 radical (unpaired) electrons. The number of Topliss-reactive ketones (excluding diaryl/α,β-unsaturated/α-hetero) is 1. The molecular formula is C15H19FN2O2. The van der Waals surface area contributed by atoms with Gasteiger partial charge in [-0.15, -0.1) is 0 Å². The lowest BCUT2D eigenvalue weighted by atomic mass is 9.98. The van der Waals surface area contributed by atoms with Gasteiger partial charge in [0.1, 0.15) is 0 Å². The number of benzene rings is 1. The van der Waals surface area contributed by atoms with Gasteiger partial charge >= 0.3 is 0 Å². The molecule has 0 saturated carbocycles. The Balaban J connectivity index is 1.73. The Hall–Kier alpha value is -1.46. The summed E-state index contributed by atoms with van der Waals surface area (Å²) in [4.78, 5) is 17.0. The van der Waals surface area contributed by atoms with E-state index in [-0.39, 0.29) is 24.0 Å². The number of fused-ring (bicyclic) bond motifs is 3. The molecule has 3 aliphatic heterocycles. The number of piperazine rings is 3. The van der Waals surface area contributed by atoms with E-state index in [1.54, 1.807) is 18.2 Å². The van der Waals surface area contributed by atoms with Gasteiger partial charge in [-0.2, -0.15) is 0 Å². The average molecular weight is 278 g/mol. The summed E-state index contributed by atoms with van der Waals surface area (Å²) in [6, 6.07) is 4.87. The monoisotopic (exact) mass is 278 g/mol. The zero-order chi connectivity index (χ0) is 14.1. The summed E-state index contributed by atoms with van der Waals surface area (Å²) >= 11 is 0. The molecular weight excluding hydrogens is 259 g/mol. The fourth-order valence-corrected chi connectivity index (χ4v) is 3.08. The number of nitrogens with zero attached hydrogens (tertiary/aromatic N) is 2. The number of ketones is 1. The maximum absolute atomic E-state index is 14.1. The first-order valence-electron chi connectivity index (χ1n) is 6.99. The third kappa shape index (κ3) is 2.43. The first kappa shape index (κ1) is 13.5. The van der Waals surface area contributed by atoms with E-state index in [0.29, 0.717) is 5.56 Å². The van der Waals surface area contributed by atoms with Crippen LogP contribution in [0.3, 0.4) is 0 Å². The van der Waals surface area contributed by atoms with Crippen molar-refractivity contribution in [3.05, 3.63) is 29.6 Å². The average Bonchev–Trinajstić information content (AvgIpc) is 2.50. The van der Waals surface area contributed by atoms with Gasteiger partial charge in [0.15, 0.2) is 17.3 Å². The predicted molar refractivity (Wildman–Crippen MR) is 73.5 cm³/mol. The lowest BCUT2D eigenvalue weighted by Gasteiger charge is -2.46. The topological polar surface area (TPSA) is 32.8 Å². The largest absolute Gasteiger partial charge is 0.494 e. The Bertz CT molecular complexity index is 513. The molecule has 0 aliphatic carbocycles. The van der Waals surface area contributed by atoms with Crippen LogP contribution in [0.5, 0.6) is 5.75 Å². The molecule has 0 N–H and O–H groups in total. The molecule has 1 aromatic rings. The number of ether oxygens (including phenoxy) is 1. The number of hydrogen-bond donors (Lipinski definition) is 0. The van der Waals surface area contributed by atoms with E-state index in [1.807, 2.05) is 0 Å². The standard InChI is InChI=1S/C15H19FN2O2/c1-20-14-4-2-3-11(15(14)16)9-13(19)12-10-17-5-7-18(12)8-6-17/h2-4,12H,5-10H2,1H3. The Morgan fingerprint density at radius 2 is 2.10 bits per heavy atom. The summed E-state index contributed by atoms with van der Waals surface area (Å²) in [5.74, 6) is -0.120. The van der Waals surface area contributed by atoms with Crippen molar-refractivity contribution in [3.8, 4) is 5.75 Å². The Labute approximate surface area is 118 Å². The molecule has 4 nitrogen and oxygen atoms in total. The van der Waals surface area contributed by atoms with Crippen LogP contribution in [0.25, 0.3) is 0 Å². The molecule has 0 spiro atoms. The van der Waals surface area contributed by atoms with E-state index >= 15 is 0 Å². The van der Waals surface area contributed by atoms with Gasteiger partial charge in [0, 0.05) is 39.1 Å². The van der Waals surface area contributed by atoms with Crippen LogP contribution in [0.15, 0.2) is 18.2 Å². The van der Waals surface area contributed by atoms with Crippen LogP contribution in [0.4, 0.5) is 4.39 Å². The smallest absolute Gasteiger partial charge is 0.168 e. The lowest BCUT2D eigenvalue weighted by Crippen LogP contribution is -2.63. The molecule has 0 aromatic heterocycles. The molecule has 3 saturated heterocycles. The summed E-state index contributed by atoms with van der Waals surface area (Å²) in [6.07, 6.45) is 0.137. The molecule has 20 heavy (non-hydrogen) atoms. The fraction of sp³-hybridized carbons (Fsp3) is 0.533. The van der Waals surface area contributed by atoms with Gasteiger partial charge in [-0.25, -0.2) is 4.39 Å². The molecule has 3 aliphatic rings. The van der Waals surface area contributed by atoms with Gasteiger partial charge in [0.2, 0.25) is 0 Å². The van der Waals surface area contributed by atoms with Gasteiger partial charge in [0.05, 0.1) is 13.2 Å². The number of rotatable bonds is 4. The van der Waals surface area contributed by atoms with E-state index in [4.69, 9.17) is 4.74 Å². The number of carbonyl (C=O) groups is 1. The Kier molecular flexibility index (Phi) is 3.72. The number of hydrogen-bond acceptors (Lipinski definition) is 4. The molecule has 108 valence electrons. The minimum atomic E-state index is -0.417. The van der Waals surface area contributed by atoms with E-state index in [1.165, 1.54) is 7.11 Å². The van der Waals surface area contributed by atoms with Crippen LogP contribution in [0, 0.1) is 5.82 Å². The maximum Gasteiger partial charge on any atom is 0.168 e. The minimum Gasteiger partial charge on any atom is -0.494 e. The second kappa shape index (κ2) is 5.50. The highest BCUT2D eigenvalue weighted by atomic mass is 19.1. The van der Waals surface area contributed by atoms with Gasteiger partial charge in [-0.05, 0) is 11.6 Å². The second-order valence-corrected chi connectivity index (χ2v) is 5.43. The molecule has 5 heteroatoms. The van der Waals surface area contributed by atoms with Crippen molar-refractivity contribution in [2.24, 2.45) is 0 Å². The number of halogens is 1. The SMILES string of the molecule is COc1cccc(CC(=O)C2CN3CCN2CC3)c1F. The quantitative estimate of drug-likeness (QED) is 0.821. The van der Waals surface area contributed by atoms with Gasteiger partial charge in [-0.3, -0.25) is 14.6 Å². The Morgan fingerprint density at radius 3 is 2.70 bits per heavy atom. The van der Waals surface area contributed by atoms with E-state index in [9.17, 15) is 9.18 Å². The van der Waals surface area contributed by atoms with Crippen molar-refractivity contribution in [1.29, 1.82) is 0 Å². The van der Waals surface area contributed by atoms with E-state index < -0.39 is 5.82 Å². The highest BCUT2D eigenvalue weighted by Gasteiger charge is 2.36. The van der Waals surface area contributed by atoms with Crippen LogP contribution >= 0.6 is 0 Å². The van der Waals surface area contributed by atoms with Gasteiger partial charge in [0.25, 0.3) is 0 Å². The van der Waals surface area contributed by atoms with Crippen LogP contribution in [-0.2, 0) is 11.2 Å². The highest BCUT2D eigenvalue weighted by Crippen LogP contribution is 2.23. The fourth-order valence-electron chi connectivity index (χ4n) is 3.08. The lowest BCUT2D eigenvalue weighted by molar-refractivity contribution is -0.128. The molecule has 1 aromatic carbocycles. The van der Waals surface area contributed by atoms with Crippen molar-refractivity contribution in [2.45, 2.75) is 12.5 Å². The third-order valence-corrected chi connectivity index (χ3v) is 4.28. The molecule has 3 fully saturated rings. The predicted octanol–water partition coefficient (Wildman–Crippen LogP) is 0.946. The van der Waals surface area contributed by atoms with Gasteiger partial charge in [-0.1, -0.05) is 12.1 Å². The highest BCUT2D eigenvalue weighted by molar-refractivity contribution is 5.86. The zero-order valence-corrected chi connectivity index (χ0v) is 11.6. The van der Waals surface area contributed by atoms with Crippen LogP contribution in [0.1, 0.15) is 5.56 Å². The van der Waals surface area contributed by atoms with Crippen LogP contribution < -0.4 is 4.74 Å². The zero-order valence-electron chi connectivity index (χ0n) is 11.6. The second-order valence-electron chi connectivity index (χ2n) is 5.43. The summed E-state index contributed by atoms with van der Waals surface area (Å²) in [5.41, 5.74) is 0.423. The molecule has 3 heterocycles. The first-order chi connectivity index (χ1) is 9.69. The van der Waals surface area contributed by atoms with Crippen LogP contribution in [0.2, 0.25) is 0 Å². The van der Waals surface area contributed by atoms with Gasteiger partial charge < -0.3 is 4.74 Å². The molecule has 4 rings (SSSR count). The molecule has 2 bridgehead atoms. The van der Waals surface area contributed by atoms with E-state index in [0.717, 1.165) is 32.7 Å². The Morgan fingerprint density at radius 1 is 1.35 bits per heavy atom. The molecule has 1 atom stereocenters. The summed E-state index contributed by atoms with van der Waals surface area (Å²) < 4.78 is 19.0. The van der Waals surface area contributed by atoms with E-state index in [2.05, 4.69) is 9.80 Å². The molecule has 0 amide bonds. The minimum absolute atomic E-state index is 0.0805. The first-order valence-corrected chi connectivity index (χ1v) is 6.99. The van der Waals surface area contributed by atoms with Crippen molar-refractivity contribution in [1.82, 2.24) is 9.80 Å². The third-order valence-electron chi connectivity index (χ3n) is 4.28. The van der Waals surface area contributed by atoms with Crippen LogP contribution in [-0.4, -0.2) is 61.5 Å². The van der Waals surface area contributed by atoms with Crippen molar-refractivity contribution in [3.63, 3.8) is 0 Å². The van der Waals surface area contributed by atoms with Crippen molar-refractivity contribution >= 4 is 5.78 Å². The number of methoxy groups -OCH3 is 1. The summed E-state index contributed by atoms with van der Waals surface area (Å²) in [5, 5.41) is 0. The normalized spacial score (nSPS) is 28.4. The summed E-state index contributed by atoms with van der Waals surface area (Å²) in [6.45, 7) is 4.74. The molecule has 1 unspecified atom stereocenters. The number of carbonyl (C=O) groups excluding carboxylic acids is 1. The van der Waals surface area contributed by atoms with Crippen molar-refractivity contribution in [2.75, 3.05) is 39.8 Å². The summed E-state index contributed by atoms with van der Waals surface area (Å²) in [7, 11) is 1.43. The van der Waals surface area contributed by atoms with Crippen molar-refractivity contribution < 1.29 is 13.9 Å².